The number of aromatic amines is 1. The second-order valence-electron chi connectivity index (χ2n) is 5.66. The fourth-order valence-corrected chi connectivity index (χ4v) is 2.90. The number of aromatic nitrogens is 2. The van der Waals surface area contributed by atoms with Gasteiger partial charge in [-0.25, -0.2) is 4.79 Å². The molecule has 1 aromatic carbocycles. The number of nitrogens with zero attached hydrogens (tertiary/aromatic N) is 3. The average Bonchev–Trinajstić information content (AvgIpc) is 3.02. The molecule has 0 bridgehead atoms. The van der Waals surface area contributed by atoms with E-state index in [0.29, 0.717) is 25.4 Å². The number of esters is 1. The molecule has 0 spiro atoms. The molecule has 2 aromatic rings. The summed E-state index contributed by atoms with van der Waals surface area (Å²) < 4.78 is 5.01. The minimum Gasteiger partial charge on any atom is -0.461 e. The van der Waals surface area contributed by atoms with Crippen molar-refractivity contribution >= 4 is 11.7 Å². The Balaban J connectivity index is 1.75. The van der Waals surface area contributed by atoms with Crippen LogP contribution >= 0.6 is 0 Å². The largest absolute Gasteiger partial charge is 0.461 e. The third-order valence-electron chi connectivity index (χ3n) is 4.08. The van der Waals surface area contributed by atoms with E-state index in [9.17, 15) is 14.9 Å². The molecule has 0 fully saturated rings. The van der Waals surface area contributed by atoms with Gasteiger partial charge in [-0.3, -0.25) is 20.1 Å². The number of fused-ring (bicyclic) bond motifs is 1. The van der Waals surface area contributed by atoms with Crippen molar-refractivity contribution in [1.82, 2.24) is 15.1 Å². The lowest BCUT2D eigenvalue weighted by atomic mass is 9.98. The van der Waals surface area contributed by atoms with Gasteiger partial charge in [0.2, 0.25) is 0 Å². The van der Waals surface area contributed by atoms with Crippen LogP contribution in [0.3, 0.4) is 0 Å². The summed E-state index contributed by atoms with van der Waals surface area (Å²) in [5.74, 6) is -0.418. The highest BCUT2D eigenvalue weighted by Crippen LogP contribution is 2.25. The van der Waals surface area contributed by atoms with E-state index in [-0.39, 0.29) is 10.6 Å². The standard InChI is InChI=1S/C16H18N4O4/c1-2-24-16(21)15-13(8-17-18-15)10-19-6-5-11-3-4-14(20(22)23)7-12(11)9-19/h3-4,7-8H,2,5-6,9-10H2,1H3,(H,17,18). The zero-order chi connectivity index (χ0) is 17.1. The van der Waals surface area contributed by atoms with Gasteiger partial charge in [0.1, 0.15) is 5.69 Å². The lowest BCUT2D eigenvalue weighted by Gasteiger charge is -2.28. The van der Waals surface area contributed by atoms with Gasteiger partial charge in [0.25, 0.3) is 5.69 Å². The molecule has 1 aliphatic heterocycles. The highest BCUT2D eigenvalue weighted by molar-refractivity contribution is 5.88. The van der Waals surface area contributed by atoms with Crippen molar-refractivity contribution < 1.29 is 14.5 Å². The number of carbonyl (C=O) groups excluding carboxylic acids is 1. The van der Waals surface area contributed by atoms with E-state index in [2.05, 4.69) is 15.1 Å². The van der Waals surface area contributed by atoms with Crippen LogP contribution in [0.1, 0.15) is 34.1 Å². The van der Waals surface area contributed by atoms with E-state index < -0.39 is 5.97 Å². The van der Waals surface area contributed by atoms with Gasteiger partial charge in [-0.2, -0.15) is 5.10 Å². The molecule has 0 radical (unpaired) electrons. The maximum Gasteiger partial charge on any atom is 0.356 e. The lowest BCUT2D eigenvalue weighted by Crippen LogP contribution is -2.30. The Morgan fingerprint density at radius 1 is 1.46 bits per heavy atom. The predicted octanol–water partition coefficient (Wildman–Crippen LogP) is 2.05. The van der Waals surface area contributed by atoms with Gasteiger partial charge >= 0.3 is 5.97 Å². The van der Waals surface area contributed by atoms with Gasteiger partial charge in [-0.05, 0) is 24.5 Å². The zero-order valence-electron chi connectivity index (χ0n) is 13.3. The maximum absolute atomic E-state index is 11.9. The summed E-state index contributed by atoms with van der Waals surface area (Å²) >= 11 is 0. The first kappa shape index (κ1) is 16.1. The topological polar surface area (TPSA) is 101 Å². The monoisotopic (exact) mass is 330 g/mol. The minimum absolute atomic E-state index is 0.103. The molecular formula is C16H18N4O4. The summed E-state index contributed by atoms with van der Waals surface area (Å²) in [6.45, 7) is 4.01. The van der Waals surface area contributed by atoms with Crippen molar-refractivity contribution in [1.29, 1.82) is 0 Å². The summed E-state index contributed by atoms with van der Waals surface area (Å²) in [7, 11) is 0. The summed E-state index contributed by atoms with van der Waals surface area (Å²) in [5, 5.41) is 17.5. The van der Waals surface area contributed by atoms with Gasteiger partial charge in [-0.1, -0.05) is 6.07 Å². The molecule has 1 N–H and O–H groups in total. The van der Waals surface area contributed by atoms with Gasteiger partial charge < -0.3 is 4.74 Å². The van der Waals surface area contributed by atoms with E-state index >= 15 is 0 Å². The van der Waals surface area contributed by atoms with E-state index in [4.69, 9.17) is 4.74 Å². The molecular weight excluding hydrogens is 312 g/mol. The Bertz CT molecular complexity index is 771. The molecule has 0 amide bonds. The molecule has 0 saturated carbocycles. The highest BCUT2D eigenvalue weighted by Gasteiger charge is 2.22. The molecule has 3 rings (SSSR count). The normalized spacial score (nSPS) is 14.2. The van der Waals surface area contributed by atoms with Crippen molar-refractivity contribution in [3.8, 4) is 0 Å². The van der Waals surface area contributed by atoms with Crippen LogP contribution in [0.4, 0.5) is 5.69 Å². The molecule has 1 aliphatic rings. The number of H-pyrrole nitrogens is 1. The minimum atomic E-state index is -0.418. The molecule has 0 aliphatic carbocycles. The van der Waals surface area contributed by atoms with Gasteiger partial charge in [0, 0.05) is 37.3 Å². The molecule has 2 heterocycles. The van der Waals surface area contributed by atoms with E-state index in [0.717, 1.165) is 29.7 Å². The van der Waals surface area contributed by atoms with Crippen molar-refractivity contribution in [3.63, 3.8) is 0 Å². The molecule has 8 heteroatoms. The first-order valence-electron chi connectivity index (χ1n) is 7.76. The van der Waals surface area contributed by atoms with Gasteiger partial charge in [-0.15, -0.1) is 0 Å². The van der Waals surface area contributed by atoms with Crippen molar-refractivity contribution in [2.24, 2.45) is 0 Å². The number of ether oxygens (including phenoxy) is 1. The Kier molecular flexibility index (Phi) is 4.57. The van der Waals surface area contributed by atoms with E-state index in [1.807, 2.05) is 6.07 Å². The fourth-order valence-electron chi connectivity index (χ4n) is 2.90. The molecule has 24 heavy (non-hydrogen) atoms. The number of benzene rings is 1. The molecule has 1 aromatic heterocycles. The molecule has 8 nitrogen and oxygen atoms in total. The summed E-state index contributed by atoms with van der Waals surface area (Å²) in [4.78, 5) is 24.6. The molecule has 126 valence electrons. The van der Waals surface area contributed by atoms with Crippen molar-refractivity contribution in [2.45, 2.75) is 26.4 Å². The summed E-state index contributed by atoms with van der Waals surface area (Å²) in [6, 6.07) is 5.00. The van der Waals surface area contributed by atoms with Crippen LogP contribution in [-0.2, 0) is 24.2 Å². The van der Waals surface area contributed by atoms with Crippen LogP contribution in [0.2, 0.25) is 0 Å². The smallest absolute Gasteiger partial charge is 0.356 e. The quantitative estimate of drug-likeness (QED) is 0.511. The van der Waals surface area contributed by atoms with Crippen LogP contribution in [0.5, 0.6) is 0 Å². The SMILES string of the molecule is CCOC(=O)c1[nH]ncc1CN1CCc2ccc([N+](=O)[O-])cc2C1. The Morgan fingerprint density at radius 2 is 2.29 bits per heavy atom. The van der Waals surface area contributed by atoms with Crippen LogP contribution in [0.25, 0.3) is 0 Å². The number of carbonyl (C=O) groups is 1. The van der Waals surface area contributed by atoms with Gasteiger partial charge in [0.15, 0.2) is 0 Å². The number of rotatable bonds is 5. The number of nitro benzene ring substituents is 1. The number of hydrogen-bond donors (Lipinski definition) is 1. The third-order valence-corrected chi connectivity index (χ3v) is 4.08. The van der Waals surface area contributed by atoms with Crippen LogP contribution in [-0.4, -0.2) is 39.1 Å². The maximum atomic E-state index is 11.9. The third kappa shape index (κ3) is 3.28. The number of nitro groups is 1. The summed E-state index contributed by atoms with van der Waals surface area (Å²) in [6.07, 6.45) is 2.44. The number of non-ortho nitro benzene ring substituents is 1. The fraction of sp³-hybridized carbons (Fsp3) is 0.375. The molecule has 0 saturated heterocycles. The van der Waals surface area contributed by atoms with E-state index in [1.165, 1.54) is 0 Å². The summed E-state index contributed by atoms with van der Waals surface area (Å²) in [5.41, 5.74) is 3.32. The highest BCUT2D eigenvalue weighted by atomic mass is 16.6. The van der Waals surface area contributed by atoms with Crippen LogP contribution in [0.15, 0.2) is 24.4 Å². The second kappa shape index (κ2) is 6.79. The lowest BCUT2D eigenvalue weighted by molar-refractivity contribution is -0.385. The Hall–Kier alpha value is -2.74. The van der Waals surface area contributed by atoms with Crippen molar-refractivity contribution in [2.75, 3.05) is 13.2 Å². The molecule has 0 unspecified atom stereocenters. The molecule has 0 atom stereocenters. The average molecular weight is 330 g/mol. The van der Waals surface area contributed by atoms with E-state index in [1.54, 1.807) is 25.3 Å². The second-order valence-corrected chi connectivity index (χ2v) is 5.66. The first-order valence-corrected chi connectivity index (χ1v) is 7.76. The number of nitrogens with one attached hydrogen (secondary N) is 1. The van der Waals surface area contributed by atoms with Gasteiger partial charge in [0.05, 0.1) is 17.7 Å². The van der Waals surface area contributed by atoms with Crippen LogP contribution < -0.4 is 0 Å². The Labute approximate surface area is 138 Å². The predicted molar refractivity (Wildman–Crippen MR) is 85.5 cm³/mol. The van der Waals surface area contributed by atoms with Crippen LogP contribution in [0, 0.1) is 10.1 Å². The Morgan fingerprint density at radius 3 is 3.04 bits per heavy atom. The number of hydrogen-bond acceptors (Lipinski definition) is 6. The zero-order valence-corrected chi connectivity index (χ0v) is 13.3. The van der Waals surface area contributed by atoms with Crippen molar-refractivity contribution in [3.05, 3.63) is 56.9 Å². The first-order chi connectivity index (χ1) is 11.6.